The van der Waals surface area contributed by atoms with Gasteiger partial charge in [-0.1, -0.05) is 0 Å². The molecule has 13 nitrogen and oxygen atoms in total. The predicted molar refractivity (Wildman–Crippen MR) is 111 cm³/mol. The van der Waals surface area contributed by atoms with Crippen LogP contribution < -0.4 is 20.9 Å². The molecular weight excluding hydrogens is 426 g/mol. The Hall–Kier alpha value is -3.26. The molecule has 0 unspecified atom stereocenters. The first-order chi connectivity index (χ1) is 14.8. The Morgan fingerprint density at radius 3 is 2.48 bits per heavy atom. The molecule has 0 bridgehead atoms. The Morgan fingerprint density at radius 1 is 1.13 bits per heavy atom. The number of amides is 3. The topological polar surface area (TPSA) is 154 Å². The molecule has 2 aliphatic heterocycles. The van der Waals surface area contributed by atoms with Crippen LogP contribution in [0.5, 0.6) is 0 Å². The maximum atomic E-state index is 11.9. The van der Waals surface area contributed by atoms with Crippen LogP contribution in [0.15, 0.2) is 11.9 Å². The summed E-state index contributed by atoms with van der Waals surface area (Å²) in [6.07, 6.45) is 6.35. The number of rotatable bonds is 5. The highest BCUT2D eigenvalue weighted by Crippen LogP contribution is 2.26. The van der Waals surface area contributed by atoms with Crippen molar-refractivity contribution in [2.75, 3.05) is 42.7 Å². The molecule has 3 aliphatic rings. The second-order valence-corrected chi connectivity index (χ2v) is 9.70. The minimum Gasteiger partial charge on any atom is -0.351 e. The monoisotopic (exact) mass is 447 g/mol. The van der Waals surface area contributed by atoms with Gasteiger partial charge < -0.3 is 15.5 Å². The molecule has 164 valence electrons. The van der Waals surface area contributed by atoms with Gasteiger partial charge in [0.25, 0.3) is 5.91 Å². The summed E-state index contributed by atoms with van der Waals surface area (Å²) >= 11 is 0. The van der Waals surface area contributed by atoms with Crippen LogP contribution in [-0.4, -0.2) is 82.7 Å². The largest absolute Gasteiger partial charge is 0.351 e. The number of sulfonamides is 1. The number of anilines is 2. The average molecular weight is 447 g/mol. The van der Waals surface area contributed by atoms with Gasteiger partial charge in [-0.05, 0) is 18.9 Å². The zero-order valence-corrected chi connectivity index (χ0v) is 17.5. The predicted octanol–water partition coefficient (Wildman–Crippen LogP) is -1.04. The van der Waals surface area contributed by atoms with E-state index in [2.05, 4.69) is 31.0 Å². The number of imide groups is 1. The number of carbonyl (C=O) groups is 2. The Bertz CT molecular complexity index is 1210. The molecule has 3 fully saturated rings. The average Bonchev–Trinajstić information content (AvgIpc) is 3.35. The second-order valence-electron chi connectivity index (χ2n) is 7.72. The summed E-state index contributed by atoms with van der Waals surface area (Å²) in [4.78, 5) is 34.5. The van der Waals surface area contributed by atoms with Crippen molar-refractivity contribution in [3.05, 3.63) is 17.5 Å². The van der Waals surface area contributed by atoms with E-state index in [1.54, 1.807) is 10.7 Å². The highest BCUT2D eigenvalue weighted by atomic mass is 32.2. The summed E-state index contributed by atoms with van der Waals surface area (Å²) < 4.78 is 26.6. The molecular formula is C17H21N9O4S. The Labute approximate surface area is 177 Å². The van der Waals surface area contributed by atoms with E-state index in [9.17, 15) is 18.0 Å². The third-order valence-corrected chi connectivity index (χ3v) is 6.61. The molecule has 3 amide bonds. The zero-order valence-electron chi connectivity index (χ0n) is 16.7. The van der Waals surface area contributed by atoms with Crippen molar-refractivity contribution >= 4 is 45.6 Å². The quantitative estimate of drug-likeness (QED) is 0.385. The van der Waals surface area contributed by atoms with Crippen LogP contribution >= 0.6 is 0 Å². The minimum atomic E-state index is -3.24. The first kappa shape index (κ1) is 19.7. The maximum Gasteiger partial charge on any atom is 0.326 e. The third kappa shape index (κ3) is 3.90. The number of hydrogen-bond acceptors (Lipinski definition) is 9. The Morgan fingerprint density at radius 2 is 1.87 bits per heavy atom. The number of aromatic nitrogens is 4. The Balaban J connectivity index is 1.51. The summed E-state index contributed by atoms with van der Waals surface area (Å²) in [6, 6.07) is -0.262. The van der Waals surface area contributed by atoms with Crippen LogP contribution in [0.25, 0.3) is 11.7 Å². The van der Waals surface area contributed by atoms with Crippen LogP contribution in [-0.2, 0) is 14.8 Å². The van der Waals surface area contributed by atoms with Crippen LogP contribution in [0.1, 0.15) is 18.4 Å². The zero-order chi connectivity index (χ0) is 21.8. The summed E-state index contributed by atoms with van der Waals surface area (Å²) in [6.45, 7) is 1.60. The van der Waals surface area contributed by atoms with Gasteiger partial charge in [0.05, 0.1) is 12.5 Å². The van der Waals surface area contributed by atoms with Crippen LogP contribution in [0, 0.1) is 0 Å². The van der Waals surface area contributed by atoms with Crippen molar-refractivity contribution in [1.29, 1.82) is 0 Å². The fraction of sp³-hybridized carbons (Fsp3) is 0.471. The van der Waals surface area contributed by atoms with Crippen LogP contribution in [0.3, 0.4) is 0 Å². The number of fused-ring (bicyclic) bond motifs is 1. The molecule has 0 atom stereocenters. The van der Waals surface area contributed by atoms with Gasteiger partial charge in [-0.25, -0.2) is 13.2 Å². The molecule has 14 heteroatoms. The van der Waals surface area contributed by atoms with Crippen molar-refractivity contribution in [3.63, 3.8) is 0 Å². The molecule has 1 saturated carbocycles. The van der Waals surface area contributed by atoms with Crippen LogP contribution in [0.2, 0.25) is 0 Å². The van der Waals surface area contributed by atoms with E-state index in [-0.39, 0.29) is 5.70 Å². The lowest BCUT2D eigenvalue weighted by Gasteiger charge is -2.33. The molecule has 5 rings (SSSR count). The summed E-state index contributed by atoms with van der Waals surface area (Å²) in [7, 11) is -3.24. The number of nitrogens with one attached hydrogen (secondary N) is 3. The van der Waals surface area contributed by atoms with Crippen molar-refractivity contribution in [2.24, 2.45) is 0 Å². The normalized spacial score (nSPS) is 21.6. The molecule has 2 aromatic rings. The van der Waals surface area contributed by atoms with Gasteiger partial charge in [0, 0.05) is 37.8 Å². The molecule has 0 radical (unpaired) electrons. The van der Waals surface area contributed by atoms with Gasteiger partial charge in [0.15, 0.2) is 5.65 Å². The lowest BCUT2D eigenvalue weighted by molar-refractivity contribution is -0.115. The van der Waals surface area contributed by atoms with Gasteiger partial charge in [0.1, 0.15) is 5.70 Å². The van der Waals surface area contributed by atoms with Gasteiger partial charge in [-0.15, -0.1) is 0 Å². The molecule has 31 heavy (non-hydrogen) atoms. The highest BCUT2D eigenvalue weighted by Gasteiger charge is 2.28. The van der Waals surface area contributed by atoms with E-state index in [0.717, 1.165) is 12.8 Å². The van der Waals surface area contributed by atoms with Gasteiger partial charge in [-0.3, -0.25) is 10.1 Å². The van der Waals surface area contributed by atoms with E-state index < -0.39 is 22.0 Å². The molecule has 0 spiro atoms. The van der Waals surface area contributed by atoms with Gasteiger partial charge in [-0.2, -0.15) is 23.9 Å². The van der Waals surface area contributed by atoms with E-state index in [1.807, 2.05) is 4.90 Å². The standard InChI is InChI=1S/C17H21N9O4S/c1-31(29,30)25-6-4-24(5-7-25)15-21-13-10(8-12-14(27)22-17(28)20-12)9-18-26(13)16(23-15)19-11-2-3-11/h8-9,11H,2-7H2,1H3,(H,19,21,23)(H2,20,22,27,28)/b12-8-. The second kappa shape index (κ2) is 7.16. The molecule has 2 aromatic heterocycles. The highest BCUT2D eigenvalue weighted by molar-refractivity contribution is 7.88. The lowest BCUT2D eigenvalue weighted by atomic mass is 10.2. The van der Waals surface area contributed by atoms with Crippen molar-refractivity contribution in [3.8, 4) is 0 Å². The molecule has 2 saturated heterocycles. The van der Waals surface area contributed by atoms with E-state index in [0.29, 0.717) is 55.3 Å². The van der Waals surface area contributed by atoms with Crippen LogP contribution in [0.4, 0.5) is 16.7 Å². The summed E-state index contributed by atoms with van der Waals surface area (Å²) in [5.41, 5.74) is 1.13. The van der Waals surface area contributed by atoms with Crippen molar-refractivity contribution < 1.29 is 18.0 Å². The Kier molecular flexibility index (Phi) is 4.55. The number of urea groups is 1. The molecule has 1 aliphatic carbocycles. The van der Waals surface area contributed by atoms with Gasteiger partial charge in [0.2, 0.25) is 21.9 Å². The number of carbonyl (C=O) groups excluding carboxylic acids is 2. The fourth-order valence-corrected chi connectivity index (χ4v) is 4.31. The number of nitrogens with zero attached hydrogens (tertiary/aromatic N) is 6. The number of piperazine rings is 1. The molecule has 0 aromatic carbocycles. The molecule has 4 heterocycles. The van der Waals surface area contributed by atoms with Gasteiger partial charge >= 0.3 is 6.03 Å². The first-order valence-corrected chi connectivity index (χ1v) is 11.7. The van der Waals surface area contributed by atoms with E-state index >= 15 is 0 Å². The van der Waals surface area contributed by atoms with E-state index in [1.165, 1.54) is 16.6 Å². The first-order valence-electron chi connectivity index (χ1n) is 9.84. The minimum absolute atomic E-state index is 0.110. The smallest absolute Gasteiger partial charge is 0.326 e. The summed E-state index contributed by atoms with van der Waals surface area (Å²) in [5, 5.41) is 12.3. The molecule has 3 N–H and O–H groups in total. The van der Waals surface area contributed by atoms with E-state index in [4.69, 9.17) is 0 Å². The fourth-order valence-electron chi connectivity index (χ4n) is 3.49. The van der Waals surface area contributed by atoms with Crippen molar-refractivity contribution in [2.45, 2.75) is 18.9 Å². The number of hydrogen-bond donors (Lipinski definition) is 3. The lowest BCUT2D eigenvalue weighted by Crippen LogP contribution is -2.49. The van der Waals surface area contributed by atoms with Crippen molar-refractivity contribution in [1.82, 2.24) is 34.5 Å². The maximum absolute atomic E-state index is 11.9. The summed E-state index contributed by atoms with van der Waals surface area (Å²) in [5.74, 6) is 0.452. The third-order valence-electron chi connectivity index (χ3n) is 5.30. The SMILES string of the molecule is CS(=O)(=O)N1CCN(c2nc(NC3CC3)n3ncc(/C=C4\NC(=O)NC4=O)c3n2)CC1.